The second-order valence-electron chi connectivity index (χ2n) is 3.92. The first kappa shape index (κ1) is 14.5. The Labute approximate surface area is 125 Å². The zero-order valence-electron chi connectivity index (χ0n) is 9.76. The Morgan fingerprint density at radius 1 is 1.26 bits per heavy atom. The molecular formula is C12H11Cl3N2O2. The van der Waals surface area contributed by atoms with Crippen LogP contribution in [0.25, 0.3) is 0 Å². The fraction of sp³-hybridized carbons (Fsp3) is 0.250. The topological polar surface area (TPSA) is 47.3 Å². The van der Waals surface area contributed by atoms with Crippen LogP contribution in [0, 0.1) is 0 Å². The van der Waals surface area contributed by atoms with E-state index in [1.807, 2.05) is 0 Å². The minimum Gasteiger partial charge on any atom is -0.489 e. The molecule has 1 heterocycles. The quantitative estimate of drug-likeness (QED) is 0.919. The zero-order chi connectivity index (χ0) is 13.8. The van der Waals surface area contributed by atoms with Crippen LogP contribution >= 0.6 is 34.8 Å². The van der Waals surface area contributed by atoms with Crippen LogP contribution in [0.2, 0.25) is 15.1 Å². The van der Waals surface area contributed by atoms with Crippen LogP contribution < -0.4 is 4.74 Å². The molecule has 0 bridgehead atoms. The minimum atomic E-state index is -0.731. The number of benzene rings is 1. The number of rotatable bonds is 5. The number of ether oxygens (including phenoxy) is 1. The Balaban J connectivity index is 1.89. The number of hydrogen-bond acceptors (Lipinski definition) is 3. The molecule has 0 amide bonds. The lowest BCUT2D eigenvalue weighted by Gasteiger charge is -2.13. The Bertz CT molecular complexity index is 560. The third-order valence-electron chi connectivity index (χ3n) is 2.32. The van der Waals surface area contributed by atoms with Gasteiger partial charge in [-0.2, -0.15) is 5.10 Å². The molecule has 1 N–H and O–H groups in total. The average molecular weight is 322 g/mol. The monoisotopic (exact) mass is 320 g/mol. The van der Waals surface area contributed by atoms with E-state index in [-0.39, 0.29) is 13.2 Å². The molecule has 0 radical (unpaired) electrons. The molecule has 0 aliphatic rings. The van der Waals surface area contributed by atoms with E-state index in [1.165, 1.54) is 10.9 Å². The molecule has 4 nitrogen and oxygen atoms in total. The third kappa shape index (κ3) is 4.28. The van der Waals surface area contributed by atoms with E-state index in [4.69, 9.17) is 39.5 Å². The first-order valence-corrected chi connectivity index (χ1v) is 6.62. The van der Waals surface area contributed by atoms with Crippen molar-refractivity contribution < 1.29 is 9.84 Å². The molecule has 0 saturated carbocycles. The molecule has 0 fully saturated rings. The van der Waals surface area contributed by atoms with Gasteiger partial charge >= 0.3 is 0 Å². The molecule has 1 aromatic heterocycles. The smallest absolute Gasteiger partial charge is 0.139 e. The maximum atomic E-state index is 9.83. The molecule has 7 heteroatoms. The van der Waals surface area contributed by atoms with E-state index < -0.39 is 6.10 Å². The number of halogens is 3. The lowest BCUT2D eigenvalue weighted by atomic mass is 10.3. The van der Waals surface area contributed by atoms with Gasteiger partial charge in [0.25, 0.3) is 0 Å². The number of nitrogens with zero attached hydrogens (tertiary/aromatic N) is 2. The van der Waals surface area contributed by atoms with Crippen molar-refractivity contribution >= 4 is 34.8 Å². The second-order valence-corrected chi connectivity index (χ2v) is 5.20. The SMILES string of the molecule is OC(COc1cc(Cl)ccc1Cl)Cn1cc(Cl)cn1. The summed E-state index contributed by atoms with van der Waals surface area (Å²) in [6.07, 6.45) is 2.39. The molecule has 102 valence electrons. The van der Waals surface area contributed by atoms with Gasteiger partial charge < -0.3 is 9.84 Å². The molecular weight excluding hydrogens is 311 g/mol. The standard InChI is InChI=1S/C12H11Cl3N2O2/c13-8-1-2-11(15)12(3-8)19-7-10(18)6-17-5-9(14)4-16-17/h1-5,10,18H,6-7H2. The van der Waals surface area contributed by atoms with Crippen molar-refractivity contribution in [1.29, 1.82) is 0 Å². The lowest BCUT2D eigenvalue weighted by Crippen LogP contribution is -2.23. The summed E-state index contributed by atoms with van der Waals surface area (Å²) in [4.78, 5) is 0. The molecule has 0 saturated heterocycles. The van der Waals surface area contributed by atoms with Crippen LogP contribution in [-0.2, 0) is 6.54 Å². The number of aromatic nitrogens is 2. The molecule has 0 spiro atoms. The van der Waals surface area contributed by atoms with E-state index >= 15 is 0 Å². The van der Waals surface area contributed by atoms with Crippen molar-refractivity contribution in [2.24, 2.45) is 0 Å². The van der Waals surface area contributed by atoms with Crippen molar-refractivity contribution in [2.45, 2.75) is 12.6 Å². The maximum absolute atomic E-state index is 9.83. The van der Waals surface area contributed by atoms with Gasteiger partial charge in [0, 0.05) is 17.3 Å². The summed E-state index contributed by atoms with van der Waals surface area (Å²) >= 11 is 17.5. The van der Waals surface area contributed by atoms with Gasteiger partial charge in [0.15, 0.2) is 0 Å². The summed E-state index contributed by atoms with van der Waals surface area (Å²) in [6, 6.07) is 4.90. The van der Waals surface area contributed by atoms with Gasteiger partial charge in [0.05, 0.1) is 22.8 Å². The van der Waals surface area contributed by atoms with E-state index in [0.29, 0.717) is 20.8 Å². The van der Waals surface area contributed by atoms with Crippen LogP contribution in [0.3, 0.4) is 0 Å². The first-order chi connectivity index (χ1) is 9.04. The summed E-state index contributed by atoms with van der Waals surface area (Å²) < 4.78 is 6.96. The first-order valence-electron chi connectivity index (χ1n) is 5.48. The number of aliphatic hydroxyl groups is 1. The van der Waals surface area contributed by atoms with E-state index in [1.54, 1.807) is 24.4 Å². The van der Waals surface area contributed by atoms with Crippen molar-refractivity contribution in [3.8, 4) is 5.75 Å². The van der Waals surface area contributed by atoms with Crippen LogP contribution in [0.5, 0.6) is 5.75 Å². The van der Waals surface area contributed by atoms with Gasteiger partial charge in [-0.1, -0.05) is 34.8 Å². The molecule has 0 aliphatic heterocycles. The summed E-state index contributed by atoms with van der Waals surface area (Å²) in [5.41, 5.74) is 0. The normalized spacial score (nSPS) is 12.4. The Hall–Kier alpha value is -0.940. The van der Waals surface area contributed by atoms with Gasteiger partial charge in [-0.25, -0.2) is 0 Å². The average Bonchev–Trinajstić information content (AvgIpc) is 2.76. The van der Waals surface area contributed by atoms with Crippen LogP contribution in [0.1, 0.15) is 0 Å². The highest BCUT2D eigenvalue weighted by Crippen LogP contribution is 2.27. The van der Waals surface area contributed by atoms with Crippen molar-refractivity contribution in [1.82, 2.24) is 9.78 Å². The summed E-state index contributed by atoms with van der Waals surface area (Å²) in [5, 5.41) is 15.3. The van der Waals surface area contributed by atoms with Gasteiger partial charge in [-0.3, -0.25) is 4.68 Å². The minimum absolute atomic E-state index is 0.0809. The van der Waals surface area contributed by atoms with Crippen LogP contribution in [0.15, 0.2) is 30.6 Å². The van der Waals surface area contributed by atoms with Gasteiger partial charge in [0.2, 0.25) is 0 Å². The second kappa shape index (κ2) is 6.48. The van der Waals surface area contributed by atoms with E-state index in [9.17, 15) is 5.11 Å². The molecule has 2 rings (SSSR count). The largest absolute Gasteiger partial charge is 0.489 e. The Morgan fingerprint density at radius 3 is 2.74 bits per heavy atom. The highest BCUT2D eigenvalue weighted by molar-refractivity contribution is 6.34. The van der Waals surface area contributed by atoms with Gasteiger partial charge in [0.1, 0.15) is 18.5 Å². The summed E-state index contributed by atoms with van der Waals surface area (Å²) in [6.45, 7) is 0.364. The molecule has 1 aromatic carbocycles. The van der Waals surface area contributed by atoms with E-state index in [2.05, 4.69) is 5.10 Å². The van der Waals surface area contributed by atoms with Crippen LogP contribution in [0.4, 0.5) is 0 Å². The van der Waals surface area contributed by atoms with Crippen molar-refractivity contribution in [2.75, 3.05) is 6.61 Å². The predicted molar refractivity (Wildman–Crippen MR) is 75.2 cm³/mol. The summed E-state index contributed by atoms with van der Waals surface area (Å²) in [7, 11) is 0. The number of hydrogen-bond donors (Lipinski definition) is 1. The molecule has 1 unspecified atom stereocenters. The zero-order valence-corrected chi connectivity index (χ0v) is 12.0. The maximum Gasteiger partial charge on any atom is 0.139 e. The molecule has 1 atom stereocenters. The van der Waals surface area contributed by atoms with Crippen molar-refractivity contribution in [3.05, 3.63) is 45.7 Å². The van der Waals surface area contributed by atoms with Gasteiger partial charge in [-0.05, 0) is 12.1 Å². The molecule has 0 aliphatic carbocycles. The third-order valence-corrected chi connectivity index (χ3v) is 3.07. The fourth-order valence-electron chi connectivity index (χ4n) is 1.48. The highest BCUT2D eigenvalue weighted by Gasteiger charge is 2.09. The molecule has 19 heavy (non-hydrogen) atoms. The highest BCUT2D eigenvalue weighted by atomic mass is 35.5. The Kier molecular flexibility index (Phi) is 4.93. The van der Waals surface area contributed by atoms with E-state index in [0.717, 1.165) is 0 Å². The fourth-order valence-corrected chi connectivity index (χ4v) is 1.97. The van der Waals surface area contributed by atoms with Gasteiger partial charge in [-0.15, -0.1) is 0 Å². The van der Waals surface area contributed by atoms with Crippen LogP contribution in [-0.4, -0.2) is 27.6 Å². The lowest BCUT2D eigenvalue weighted by molar-refractivity contribution is 0.0894. The number of aliphatic hydroxyl groups excluding tert-OH is 1. The van der Waals surface area contributed by atoms with Crippen molar-refractivity contribution in [3.63, 3.8) is 0 Å². The summed E-state index contributed by atoms with van der Waals surface area (Å²) in [5.74, 6) is 0.437. The Morgan fingerprint density at radius 2 is 2.05 bits per heavy atom. The predicted octanol–water partition coefficient (Wildman–Crippen LogP) is 3.28. The molecule has 2 aromatic rings.